The SMILES string of the molecule is CC(C)c1cocc1C(=O)Nc1ccccc1. The van der Waals surface area contributed by atoms with Crippen LogP contribution in [0.2, 0.25) is 0 Å². The third kappa shape index (κ3) is 2.56. The maximum Gasteiger partial charge on any atom is 0.259 e. The van der Waals surface area contributed by atoms with Gasteiger partial charge in [-0.05, 0) is 18.1 Å². The molecule has 3 nitrogen and oxygen atoms in total. The Balaban J connectivity index is 2.18. The Labute approximate surface area is 100 Å². The summed E-state index contributed by atoms with van der Waals surface area (Å²) in [4.78, 5) is 12.0. The quantitative estimate of drug-likeness (QED) is 0.872. The van der Waals surface area contributed by atoms with Crippen LogP contribution in [-0.4, -0.2) is 5.91 Å². The monoisotopic (exact) mass is 229 g/mol. The van der Waals surface area contributed by atoms with E-state index in [1.807, 2.05) is 44.2 Å². The van der Waals surface area contributed by atoms with Gasteiger partial charge in [-0.25, -0.2) is 0 Å². The first-order chi connectivity index (χ1) is 8.18. The Morgan fingerprint density at radius 1 is 1.18 bits per heavy atom. The van der Waals surface area contributed by atoms with E-state index in [4.69, 9.17) is 4.42 Å². The van der Waals surface area contributed by atoms with Gasteiger partial charge in [-0.15, -0.1) is 0 Å². The zero-order chi connectivity index (χ0) is 12.3. The molecule has 0 saturated heterocycles. The molecule has 2 rings (SSSR count). The highest BCUT2D eigenvalue weighted by Crippen LogP contribution is 2.21. The molecule has 0 aliphatic heterocycles. The van der Waals surface area contributed by atoms with Gasteiger partial charge in [0.1, 0.15) is 6.26 Å². The third-order valence-corrected chi connectivity index (χ3v) is 2.59. The minimum Gasteiger partial charge on any atom is -0.471 e. The van der Waals surface area contributed by atoms with Gasteiger partial charge < -0.3 is 9.73 Å². The molecule has 0 aliphatic rings. The smallest absolute Gasteiger partial charge is 0.259 e. The molecular weight excluding hydrogens is 214 g/mol. The van der Waals surface area contributed by atoms with E-state index < -0.39 is 0 Å². The second-order valence-electron chi connectivity index (χ2n) is 4.22. The second-order valence-corrected chi connectivity index (χ2v) is 4.22. The standard InChI is InChI=1S/C14H15NO2/c1-10(2)12-8-17-9-13(12)14(16)15-11-6-4-3-5-7-11/h3-10H,1-2H3,(H,15,16). The molecule has 1 N–H and O–H groups in total. The summed E-state index contributed by atoms with van der Waals surface area (Å²) >= 11 is 0. The molecule has 0 atom stereocenters. The summed E-state index contributed by atoms with van der Waals surface area (Å²) < 4.78 is 5.10. The summed E-state index contributed by atoms with van der Waals surface area (Å²) in [6, 6.07) is 9.38. The van der Waals surface area contributed by atoms with Crippen molar-refractivity contribution in [3.63, 3.8) is 0 Å². The lowest BCUT2D eigenvalue weighted by Crippen LogP contribution is -2.13. The molecular formula is C14H15NO2. The molecule has 1 aromatic carbocycles. The molecule has 1 heterocycles. The number of hydrogen-bond acceptors (Lipinski definition) is 2. The van der Waals surface area contributed by atoms with Crippen LogP contribution in [0.5, 0.6) is 0 Å². The lowest BCUT2D eigenvalue weighted by molar-refractivity contribution is 0.102. The highest BCUT2D eigenvalue weighted by atomic mass is 16.3. The highest BCUT2D eigenvalue weighted by molar-refractivity contribution is 6.05. The fraction of sp³-hybridized carbons (Fsp3) is 0.214. The van der Waals surface area contributed by atoms with Crippen LogP contribution in [0.25, 0.3) is 0 Å². The predicted molar refractivity (Wildman–Crippen MR) is 67.2 cm³/mol. The molecule has 0 saturated carbocycles. The lowest BCUT2D eigenvalue weighted by atomic mass is 10.0. The van der Waals surface area contributed by atoms with Crippen LogP contribution in [0.1, 0.15) is 35.7 Å². The Bertz CT molecular complexity index is 500. The number of hydrogen-bond donors (Lipinski definition) is 1. The Morgan fingerprint density at radius 3 is 2.53 bits per heavy atom. The predicted octanol–water partition coefficient (Wildman–Crippen LogP) is 3.66. The molecule has 2 aromatic rings. The number of amides is 1. The maximum atomic E-state index is 12.0. The van der Waals surface area contributed by atoms with Gasteiger partial charge in [0.2, 0.25) is 0 Å². The molecule has 0 aliphatic carbocycles. The van der Waals surface area contributed by atoms with Gasteiger partial charge >= 0.3 is 0 Å². The largest absolute Gasteiger partial charge is 0.471 e. The van der Waals surface area contributed by atoms with Crippen molar-refractivity contribution in [1.82, 2.24) is 0 Å². The first kappa shape index (κ1) is 11.5. The second kappa shape index (κ2) is 4.87. The van der Waals surface area contributed by atoms with Gasteiger partial charge in [-0.3, -0.25) is 4.79 Å². The van der Waals surface area contributed by atoms with E-state index in [2.05, 4.69) is 5.32 Å². The molecule has 0 fully saturated rings. The number of anilines is 1. The minimum atomic E-state index is -0.131. The molecule has 3 heteroatoms. The van der Waals surface area contributed by atoms with Crippen molar-refractivity contribution in [3.8, 4) is 0 Å². The first-order valence-electron chi connectivity index (χ1n) is 5.61. The average molecular weight is 229 g/mol. The summed E-state index contributed by atoms with van der Waals surface area (Å²) in [6.07, 6.45) is 3.12. The normalized spacial score (nSPS) is 10.5. The first-order valence-corrected chi connectivity index (χ1v) is 5.61. The van der Waals surface area contributed by atoms with Crippen molar-refractivity contribution in [2.75, 3.05) is 5.32 Å². The number of para-hydroxylation sites is 1. The fourth-order valence-corrected chi connectivity index (χ4v) is 1.66. The summed E-state index contributed by atoms with van der Waals surface area (Å²) in [5.74, 6) is 0.138. The van der Waals surface area contributed by atoms with Crippen LogP contribution in [0.4, 0.5) is 5.69 Å². The van der Waals surface area contributed by atoms with E-state index in [0.717, 1.165) is 11.3 Å². The van der Waals surface area contributed by atoms with E-state index in [-0.39, 0.29) is 11.8 Å². The van der Waals surface area contributed by atoms with Gasteiger partial charge in [-0.1, -0.05) is 32.0 Å². The van der Waals surface area contributed by atoms with E-state index in [1.54, 1.807) is 6.26 Å². The number of furan rings is 1. The van der Waals surface area contributed by atoms with E-state index in [1.165, 1.54) is 6.26 Å². The maximum absolute atomic E-state index is 12.0. The van der Waals surface area contributed by atoms with Gasteiger partial charge in [0.25, 0.3) is 5.91 Å². The van der Waals surface area contributed by atoms with Crippen LogP contribution in [-0.2, 0) is 0 Å². The van der Waals surface area contributed by atoms with E-state index in [9.17, 15) is 4.79 Å². The Morgan fingerprint density at radius 2 is 1.88 bits per heavy atom. The molecule has 1 aromatic heterocycles. The summed E-state index contributed by atoms with van der Waals surface area (Å²) in [6.45, 7) is 4.06. The number of carbonyl (C=O) groups is 1. The van der Waals surface area contributed by atoms with E-state index >= 15 is 0 Å². The molecule has 88 valence electrons. The van der Waals surface area contributed by atoms with Gasteiger partial charge in [0.15, 0.2) is 0 Å². The topological polar surface area (TPSA) is 42.2 Å². The van der Waals surface area contributed by atoms with Crippen molar-refractivity contribution >= 4 is 11.6 Å². The zero-order valence-electron chi connectivity index (χ0n) is 9.94. The van der Waals surface area contributed by atoms with E-state index in [0.29, 0.717) is 5.56 Å². The molecule has 0 unspecified atom stereocenters. The van der Waals surface area contributed by atoms with Crippen molar-refractivity contribution in [1.29, 1.82) is 0 Å². The summed E-state index contributed by atoms with van der Waals surface area (Å²) in [5.41, 5.74) is 2.32. The number of carbonyl (C=O) groups excluding carboxylic acids is 1. The third-order valence-electron chi connectivity index (χ3n) is 2.59. The van der Waals surface area contributed by atoms with Crippen molar-refractivity contribution in [2.24, 2.45) is 0 Å². The molecule has 1 amide bonds. The van der Waals surface area contributed by atoms with Crippen molar-refractivity contribution in [3.05, 3.63) is 54.0 Å². The lowest BCUT2D eigenvalue weighted by Gasteiger charge is -2.07. The minimum absolute atomic E-state index is 0.131. The average Bonchev–Trinajstić information content (AvgIpc) is 2.79. The van der Waals surface area contributed by atoms with Crippen molar-refractivity contribution < 1.29 is 9.21 Å². The molecule has 17 heavy (non-hydrogen) atoms. The zero-order valence-corrected chi connectivity index (χ0v) is 9.94. The van der Waals surface area contributed by atoms with Crippen molar-refractivity contribution in [2.45, 2.75) is 19.8 Å². The number of rotatable bonds is 3. The van der Waals surface area contributed by atoms with Crippen LogP contribution >= 0.6 is 0 Å². The van der Waals surface area contributed by atoms with Gasteiger partial charge in [0, 0.05) is 11.3 Å². The summed E-state index contributed by atoms with van der Waals surface area (Å²) in [7, 11) is 0. The number of nitrogens with one attached hydrogen (secondary N) is 1. The molecule has 0 spiro atoms. The Hall–Kier alpha value is -2.03. The highest BCUT2D eigenvalue weighted by Gasteiger charge is 2.16. The Kier molecular flexibility index (Phi) is 3.28. The fourth-order valence-electron chi connectivity index (χ4n) is 1.66. The van der Waals surface area contributed by atoms with Crippen LogP contribution < -0.4 is 5.32 Å². The van der Waals surface area contributed by atoms with Crippen LogP contribution in [0.3, 0.4) is 0 Å². The van der Waals surface area contributed by atoms with Crippen LogP contribution in [0.15, 0.2) is 47.3 Å². The van der Waals surface area contributed by atoms with Gasteiger partial charge in [-0.2, -0.15) is 0 Å². The molecule has 0 radical (unpaired) electrons. The van der Waals surface area contributed by atoms with Crippen LogP contribution in [0, 0.1) is 0 Å². The summed E-state index contributed by atoms with van der Waals surface area (Å²) in [5, 5.41) is 2.84. The number of benzene rings is 1. The van der Waals surface area contributed by atoms with Gasteiger partial charge in [0.05, 0.1) is 11.8 Å². The molecule has 0 bridgehead atoms.